The summed E-state index contributed by atoms with van der Waals surface area (Å²) in [6, 6.07) is 33.5. The highest BCUT2D eigenvalue weighted by molar-refractivity contribution is 7.86. The molecule has 6 aromatic rings. The Balaban J connectivity index is 0.730. The lowest BCUT2D eigenvalue weighted by Gasteiger charge is -2.23. The number of nitrogens with one attached hydrogen (secondary N) is 3. The summed E-state index contributed by atoms with van der Waals surface area (Å²) >= 11 is 0. The molecule has 0 fully saturated rings. The van der Waals surface area contributed by atoms with Crippen LogP contribution >= 0.6 is 0 Å². The summed E-state index contributed by atoms with van der Waals surface area (Å²) in [5.74, 6) is 1.50. The van der Waals surface area contributed by atoms with Crippen molar-refractivity contribution in [1.29, 1.82) is 0 Å². The molecule has 20 heteroatoms. The number of pyridine rings is 2. The Hall–Kier alpha value is -6.97. The number of carbonyl (C=O) groups excluding carboxylic acids is 2. The van der Waals surface area contributed by atoms with Gasteiger partial charge >= 0.3 is 0 Å². The lowest BCUT2D eigenvalue weighted by Crippen LogP contribution is -2.25. The quantitative estimate of drug-likeness (QED) is 0.0135. The van der Waals surface area contributed by atoms with Gasteiger partial charge in [0.15, 0.2) is 5.82 Å². The number of hydrazone groups is 1. The third-order valence-corrected chi connectivity index (χ3v) is 12.4. The minimum absolute atomic E-state index is 0.0102. The SMILES string of the molecule is CC(C)(CCCCOc1cc(-c2ccccc2)cc(-c2ccccc2)n1)c1nnnn1CCCCC(=O)NCCCOCCOCCOCCCNC(=O)c1ccc(N/N=C/c2ccccc2S(=O)(=O)O)nc1. The van der Waals surface area contributed by atoms with Crippen LogP contribution in [0.25, 0.3) is 22.4 Å². The van der Waals surface area contributed by atoms with Gasteiger partial charge in [-0.3, -0.25) is 19.6 Å². The van der Waals surface area contributed by atoms with E-state index in [-0.39, 0.29) is 27.7 Å². The van der Waals surface area contributed by atoms with Crippen molar-refractivity contribution in [1.82, 2.24) is 40.8 Å². The van der Waals surface area contributed by atoms with E-state index in [4.69, 9.17) is 23.9 Å². The molecule has 0 saturated carbocycles. The number of anilines is 1. The maximum absolute atomic E-state index is 12.5. The molecule has 3 heterocycles. The van der Waals surface area contributed by atoms with Crippen molar-refractivity contribution in [2.75, 3.05) is 64.8 Å². The number of carbonyl (C=O) groups is 2. The smallest absolute Gasteiger partial charge is 0.295 e. The van der Waals surface area contributed by atoms with E-state index in [0.717, 1.165) is 60.3 Å². The summed E-state index contributed by atoms with van der Waals surface area (Å²) in [5, 5.41) is 22.4. The zero-order valence-corrected chi connectivity index (χ0v) is 42.3. The molecule has 0 atom stereocenters. The van der Waals surface area contributed by atoms with Gasteiger partial charge < -0.3 is 29.6 Å². The van der Waals surface area contributed by atoms with Crippen LogP contribution in [0, 0.1) is 0 Å². The number of aromatic nitrogens is 6. The molecule has 0 unspecified atom stereocenters. The first-order valence-corrected chi connectivity index (χ1v) is 26.0. The van der Waals surface area contributed by atoms with Crippen LogP contribution in [0.2, 0.25) is 0 Å². The Morgan fingerprint density at radius 1 is 0.726 bits per heavy atom. The van der Waals surface area contributed by atoms with Crippen molar-refractivity contribution in [3.63, 3.8) is 0 Å². The first-order chi connectivity index (χ1) is 35.5. The average Bonchev–Trinajstić information content (AvgIpc) is 3.89. The Labute approximate surface area is 427 Å². The van der Waals surface area contributed by atoms with Crippen molar-refractivity contribution >= 4 is 34.0 Å². The van der Waals surface area contributed by atoms with Crippen molar-refractivity contribution in [2.45, 2.75) is 82.1 Å². The summed E-state index contributed by atoms with van der Waals surface area (Å²) in [6.45, 7) is 9.11. The van der Waals surface area contributed by atoms with E-state index in [9.17, 15) is 22.6 Å². The van der Waals surface area contributed by atoms with Crippen LogP contribution in [0.15, 0.2) is 125 Å². The van der Waals surface area contributed by atoms with Crippen LogP contribution in [-0.2, 0) is 41.1 Å². The monoisotopic (exact) mass is 1020 g/mol. The predicted molar refractivity (Wildman–Crippen MR) is 278 cm³/mol. The second-order valence-corrected chi connectivity index (χ2v) is 19.0. The Morgan fingerprint density at radius 2 is 1.40 bits per heavy atom. The molecule has 6 rings (SSSR count). The van der Waals surface area contributed by atoms with Gasteiger partial charge in [0.1, 0.15) is 10.7 Å². The molecule has 4 N–H and O–H groups in total. The fraction of sp³-hybridized carbons (Fsp3) is 0.396. The molecule has 0 aliphatic rings. The van der Waals surface area contributed by atoms with Gasteiger partial charge in [0, 0.05) is 68.1 Å². The summed E-state index contributed by atoms with van der Waals surface area (Å²) in [4.78, 5) is 33.7. The van der Waals surface area contributed by atoms with Crippen LogP contribution < -0.4 is 20.8 Å². The van der Waals surface area contributed by atoms with Gasteiger partial charge in [0.05, 0.1) is 50.5 Å². The second-order valence-electron chi connectivity index (χ2n) is 17.6. The number of rotatable bonds is 33. The van der Waals surface area contributed by atoms with E-state index in [1.165, 1.54) is 30.6 Å². The van der Waals surface area contributed by atoms with Gasteiger partial charge in [-0.25, -0.2) is 14.6 Å². The van der Waals surface area contributed by atoms with Crippen LogP contribution in [0.3, 0.4) is 0 Å². The maximum atomic E-state index is 12.5. The molecule has 73 heavy (non-hydrogen) atoms. The Morgan fingerprint density at radius 3 is 2.10 bits per heavy atom. The number of benzene rings is 3. The van der Waals surface area contributed by atoms with Crippen LogP contribution in [0.1, 0.15) is 87.0 Å². The van der Waals surface area contributed by atoms with Crippen molar-refractivity contribution < 1.29 is 41.5 Å². The van der Waals surface area contributed by atoms with Gasteiger partial charge in [-0.15, -0.1) is 5.10 Å². The number of aryl methyl sites for hydroxylation is 1. The molecule has 3 aromatic carbocycles. The standard InChI is InChI=1S/C53H66N10O9S/c1-53(2,26-12-14-32-72-50-38-45(41-17-5-3-6-18-41)37-46(58-50)42-19-7-4-8-20-42)52-60-61-62-63(52)29-13-11-23-49(64)54-27-15-30-69-33-35-71-36-34-70-31-16-28-55-51(65)44-24-25-48(56-39-44)59-57-40-43-21-9-10-22-47(43)73(66,67)68/h3-10,17-22,24-25,37-40H,11-16,23,26-36H2,1-2H3,(H,54,64)(H,55,65)(H,56,59)(H,66,67,68)/b57-40+. The molecule has 0 aliphatic carbocycles. The molecule has 3 aromatic heterocycles. The van der Waals surface area contributed by atoms with E-state index in [0.29, 0.717) is 102 Å². The number of nitrogens with zero attached hydrogens (tertiary/aromatic N) is 7. The van der Waals surface area contributed by atoms with Gasteiger partial charge in [-0.2, -0.15) is 13.5 Å². The van der Waals surface area contributed by atoms with Crippen LogP contribution in [0.4, 0.5) is 5.82 Å². The summed E-state index contributed by atoms with van der Waals surface area (Å²) in [5.41, 5.74) is 7.06. The van der Waals surface area contributed by atoms with Gasteiger partial charge in [-0.05, 0) is 90.8 Å². The highest BCUT2D eigenvalue weighted by Crippen LogP contribution is 2.30. The number of tetrazole rings is 1. The zero-order valence-electron chi connectivity index (χ0n) is 41.5. The van der Waals surface area contributed by atoms with E-state index in [2.05, 4.69) is 85.8 Å². The fourth-order valence-electron chi connectivity index (χ4n) is 7.57. The number of ether oxygens (including phenoxy) is 4. The number of hydrogen-bond donors (Lipinski definition) is 4. The average molecular weight is 1020 g/mol. The van der Waals surface area contributed by atoms with E-state index >= 15 is 0 Å². The van der Waals surface area contributed by atoms with E-state index in [1.54, 1.807) is 18.2 Å². The molecule has 2 amide bonds. The summed E-state index contributed by atoms with van der Waals surface area (Å²) in [6.07, 6.45) is 8.54. The van der Waals surface area contributed by atoms with E-state index in [1.807, 2.05) is 47.1 Å². The molecular weight excluding hydrogens is 953 g/mol. The lowest BCUT2D eigenvalue weighted by molar-refractivity contribution is -0.121. The molecule has 0 saturated heterocycles. The number of unbranched alkanes of at least 4 members (excludes halogenated alkanes) is 2. The number of hydrogen-bond acceptors (Lipinski definition) is 15. The largest absolute Gasteiger partial charge is 0.478 e. The minimum Gasteiger partial charge on any atom is -0.478 e. The molecular formula is C53H66N10O9S. The molecule has 19 nitrogen and oxygen atoms in total. The Kier molecular flexibility index (Phi) is 22.4. The van der Waals surface area contributed by atoms with Crippen LogP contribution in [0.5, 0.6) is 5.88 Å². The minimum atomic E-state index is -4.40. The van der Waals surface area contributed by atoms with Crippen molar-refractivity contribution in [3.05, 3.63) is 132 Å². The van der Waals surface area contributed by atoms with Crippen molar-refractivity contribution in [3.8, 4) is 28.3 Å². The molecule has 388 valence electrons. The third-order valence-electron chi connectivity index (χ3n) is 11.5. The number of amides is 2. The second kappa shape index (κ2) is 29.5. The lowest BCUT2D eigenvalue weighted by atomic mass is 9.86. The van der Waals surface area contributed by atoms with Gasteiger partial charge in [0.2, 0.25) is 11.8 Å². The molecule has 0 radical (unpaired) electrons. The third kappa shape index (κ3) is 19.2. The fourth-order valence-corrected chi connectivity index (χ4v) is 8.24. The highest BCUT2D eigenvalue weighted by Gasteiger charge is 2.27. The van der Waals surface area contributed by atoms with Gasteiger partial charge in [-0.1, -0.05) is 92.7 Å². The summed E-state index contributed by atoms with van der Waals surface area (Å²) < 4.78 is 57.3. The topological polar surface area (TPSA) is 243 Å². The first-order valence-electron chi connectivity index (χ1n) is 24.6. The summed E-state index contributed by atoms with van der Waals surface area (Å²) in [7, 11) is -4.40. The first kappa shape index (κ1) is 55.3. The highest BCUT2D eigenvalue weighted by atomic mass is 32.2. The molecule has 0 bridgehead atoms. The maximum Gasteiger partial charge on any atom is 0.295 e. The molecule has 0 spiro atoms. The van der Waals surface area contributed by atoms with E-state index < -0.39 is 10.1 Å². The van der Waals surface area contributed by atoms with Crippen molar-refractivity contribution in [2.24, 2.45) is 5.10 Å². The predicted octanol–water partition coefficient (Wildman–Crippen LogP) is 7.56. The van der Waals surface area contributed by atoms with Gasteiger partial charge in [0.25, 0.3) is 16.0 Å². The Bertz CT molecular complexity index is 2690. The van der Waals surface area contributed by atoms with Crippen LogP contribution in [-0.4, -0.2) is 121 Å². The molecule has 0 aliphatic heterocycles. The zero-order chi connectivity index (χ0) is 51.6. The normalized spacial score (nSPS) is 11.7.